The summed E-state index contributed by atoms with van der Waals surface area (Å²) < 4.78 is 9.57. The maximum Gasteiger partial charge on any atom is 0.251 e. The summed E-state index contributed by atoms with van der Waals surface area (Å²) in [7, 11) is 1.76. The van der Waals surface area contributed by atoms with Crippen LogP contribution in [0.5, 0.6) is 0 Å². The molecule has 4 heteroatoms. The molecule has 1 aromatic rings. The van der Waals surface area contributed by atoms with Gasteiger partial charge in [0, 0.05) is 12.7 Å². The standard InChI is InChI=1S/C16H25BrO3/c1-3-4-11-15(19-2)12-8-13-20-16(17,18)14-9-6-5-7-10-14/h5-7,9-10,15,18H,3-4,8,11-13H2,1-2H3/t15?,16-/m0/s1. The van der Waals surface area contributed by atoms with Crippen LogP contribution in [0.1, 0.15) is 44.6 Å². The molecule has 0 aliphatic heterocycles. The van der Waals surface area contributed by atoms with E-state index in [4.69, 9.17) is 9.47 Å². The van der Waals surface area contributed by atoms with Crippen LogP contribution in [0.25, 0.3) is 0 Å². The minimum Gasteiger partial charge on any atom is -0.381 e. The molecule has 0 saturated heterocycles. The predicted molar refractivity (Wildman–Crippen MR) is 84.8 cm³/mol. The van der Waals surface area contributed by atoms with Gasteiger partial charge in [-0.05, 0) is 35.2 Å². The monoisotopic (exact) mass is 344 g/mol. The first-order chi connectivity index (χ1) is 9.60. The quantitative estimate of drug-likeness (QED) is 0.393. The van der Waals surface area contributed by atoms with E-state index in [1.54, 1.807) is 7.11 Å². The highest BCUT2D eigenvalue weighted by Crippen LogP contribution is 2.29. The van der Waals surface area contributed by atoms with Crippen molar-refractivity contribution in [2.45, 2.75) is 49.8 Å². The summed E-state index contributed by atoms with van der Waals surface area (Å²) in [6, 6.07) is 9.30. The molecule has 0 aromatic heterocycles. The molecule has 114 valence electrons. The average Bonchev–Trinajstić information content (AvgIpc) is 2.47. The van der Waals surface area contributed by atoms with Gasteiger partial charge in [-0.1, -0.05) is 50.1 Å². The number of benzene rings is 1. The molecule has 3 nitrogen and oxygen atoms in total. The van der Waals surface area contributed by atoms with E-state index in [2.05, 4.69) is 22.9 Å². The lowest BCUT2D eigenvalue weighted by atomic mass is 10.1. The van der Waals surface area contributed by atoms with Crippen LogP contribution in [0.2, 0.25) is 0 Å². The van der Waals surface area contributed by atoms with E-state index in [9.17, 15) is 5.11 Å². The van der Waals surface area contributed by atoms with Crippen molar-refractivity contribution in [2.24, 2.45) is 0 Å². The molecule has 0 radical (unpaired) electrons. The Bertz CT molecular complexity index is 354. The van der Waals surface area contributed by atoms with Crippen LogP contribution in [-0.2, 0) is 14.2 Å². The Morgan fingerprint density at radius 1 is 1.20 bits per heavy atom. The Morgan fingerprint density at radius 2 is 1.85 bits per heavy atom. The van der Waals surface area contributed by atoms with Crippen molar-refractivity contribution >= 4 is 15.9 Å². The molecule has 0 aliphatic carbocycles. The van der Waals surface area contributed by atoms with Gasteiger partial charge in [-0.3, -0.25) is 0 Å². The van der Waals surface area contributed by atoms with E-state index >= 15 is 0 Å². The van der Waals surface area contributed by atoms with Crippen LogP contribution < -0.4 is 0 Å². The second kappa shape index (κ2) is 9.50. The van der Waals surface area contributed by atoms with Crippen molar-refractivity contribution in [2.75, 3.05) is 13.7 Å². The number of alkyl halides is 1. The number of ether oxygens (including phenoxy) is 2. The molecule has 2 atom stereocenters. The fraction of sp³-hybridized carbons (Fsp3) is 0.625. The minimum absolute atomic E-state index is 0.290. The van der Waals surface area contributed by atoms with Crippen molar-refractivity contribution in [3.05, 3.63) is 35.9 Å². The summed E-state index contributed by atoms with van der Waals surface area (Å²) >= 11 is 3.22. The van der Waals surface area contributed by atoms with Crippen LogP contribution in [0, 0.1) is 0 Å². The molecular weight excluding hydrogens is 320 g/mol. The topological polar surface area (TPSA) is 38.7 Å². The first-order valence-electron chi connectivity index (χ1n) is 7.23. The van der Waals surface area contributed by atoms with Crippen molar-refractivity contribution in [1.82, 2.24) is 0 Å². The van der Waals surface area contributed by atoms with E-state index < -0.39 is 4.70 Å². The number of hydrogen-bond acceptors (Lipinski definition) is 3. The van der Waals surface area contributed by atoms with E-state index in [1.165, 1.54) is 12.8 Å². The van der Waals surface area contributed by atoms with Gasteiger partial charge in [0.2, 0.25) is 0 Å². The third-order valence-corrected chi connectivity index (χ3v) is 3.99. The Hall–Kier alpha value is -0.420. The zero-order valence-corrected chi connectivity index (χ0v) is 13.9. The molecule has 0 heterocycles. The van der Waals surface area contributed by atoms with Gasteiger partial charge >= 0.3 is 0 Å². The van der Waals surface area contributed by atoms with Crippen LogP contribution in [0.4, 0.5) is 0 Å². The van der Waals surface area contributed by atoms with Gasteiger partial charge < -0.3 is 14.6 Å². The van der Waals surface area contributed by atoms with Crippen LogP contribution in [0.15, 0.2) is 30.3 Å². The molecule has 1 rings (SSSR count). The number of methoxy groups -OCH3 is 1. The Morgan fingerprint density at radius 3 is 2.45 bits per heavy atom. The Labute approximate surface area is 130 Å². The van der Waals surface area contributed by atoms with Gasteiger partial charge in [0.05, 0.1) is 12.7 Å². The minimum atomic E-state index is -1.40. The summed E-state index contributed by atoms with van der Waals surface area (Å²) in [5.41, 5.74) is 0.703. The summed E-state index contributed by atoms with van der Waals surface area (Å²) in [6.45, 7) is 2.67. The first-order valence-corrected chi connectivity index (χ1v) is 8.03. The van der Waals surface area contributed by atoms with Gasteiger partial charge in [0.25, 0.3) is 4.70 Å². The SMILES string of the molecule is CCCCC(CCCO[C@](O)(Br)c1ccccc1)OC. The Balaban J connectivity index is 2.29. The normalized spacial score (nSPS) is 15.8. The largest absolute Gasteiger partial charge is 0.381 e. The van der Waals surface area contributed by atoms with E-state index in [0.29, 0.717) is 18.3 Å². The van der Waals surface area contributed by atoms with Gasteiger partial charge in [-0.15, -0.1) is 0 Å². The highest BCUT2D eigenvalue weighted by molar-refractivity contribution is 9.09. The van der Waals surface area contributed by atoms with Crippen molar-refractivity contribution in [3.8, 4) is 0 Å². The molecule has 20 heavy (non-hydrogen) atoms. The van der Waals surface area contributed by atoms with Gasteiger partial charge in [0.15, 0.2) is 0 Å². The summed E-state index contributed by atoms with van der Waals surface area (Å²) in [5, 5.41) is 10.2. The van der Waals surface area contributed by atoms with E-state index in [1.807, 2.05) is 30.3 Å². The third kappa shape index (κ3) is 6.35. The lowest BCUT2D eigenvalue weighted by molar-refractivity contribution is -0.132. The Kier molecular flexibility index (Phi) is 8.38. The molecule has 0 amide bonds. The van der Waals surface area contributed by atoms with Crippen LogP contribution >= 0.6 is 15.9 Å². The summed E-state index contributed by atoms with van der Waals surface area (Å²) in [6.07, 6.45) is 5.57. The second-order valence-electron chi connectivity index (χ2n) is 4.92. The number of halogens is 1. The van der Waals surface area contributed by atoms with Gasteiger partial charge in [-0.2, -0.15) is 0 Å². The lowest BCUT2D eigenvalue weighted by Gasteiger charge is -2.22. The molecule has 0 bridgehead atoms. The highest BCUT2D eigenvalue weighted by Gasteiger charge is 2.25. The number of unbranched alkanes of at least 4 members (excludes halogenated alkanes) is 1. The zero-order valence-electron chi connectivity index (χ0n) is 12.3. The molecule has 1 aromatic carbocycles. The first kappa shape index (κ1) is 17.6. The van der Waals surface area contributed by atoms with E-state index in [-0.39, 0.29) is 0 Å². The average molecular weight is 345 g/mol. The molecule has 0 spiro atoms. The molecule has 1 unspecified atom stereocenters. The van der Waals surface area contributed by atoms with Gasteiger partial charge in [0.1, 0.15) is 0 Å². The van der Waals surface area contributed by atoms with Gasteiger partial charge in [-0.25, -0.2) is 0 Å². The summed E-state index contributed by atoms with van der Waals surface area (Å²) in [4.78, 5) is 0. The number of aliphatic hydroxyl groups is 1. The molecule has 0 saturated carbocycles. The fourth-order valence-corrected chi connectivity index (χ4v) is 2.48. The number of rotatable bonds is 10. The smallest absolute Gasteiger partial charge is 0.251 e. The molecule has 0 aliphatic rings. The third-order valence-electron chi connectivity index (χ3n) is 3.31. The van der Waals surface area contributed by atoms with Crippen molar-refractivity contribution < 1.29 is 14.6 Å². The highest BCUT2D eigenvalue weighted by atomic mass is 79.9. The fourth-order valence-electron chi connectivity index (χ4n) is 2.06. The lowest BCUT2D eigenvalue weighted by Crippen LogP contribution is -2.22. The van der Waals surface area contributed by atoms with Crippen LogP contribution in [-0.4, -0.2) is 24.9 Å². The maximum absolute atomic E-state index is 10.2. The maximum atomic E-state index is 10.2. The second-order valence-corrected chi connectivity index (χ2v) is 5.99. The number of hydrogen-bond donors (Lipinski definition) is 1. The summed E-state index contributed by atoms with van der Waals surface area (Å²) in [5.74, 6) is 0. The van der Waals surface area contributed by atoms with E-state index in [0.717, 1.165) is 19.3 Å². The van der Waals surface area contributed by atoms with Crippen LogP contribution in [0.3, 0.4) is 0 Å². The molecule has 0 fully saturated rings. The molecular formula is C16H25BrO3. The zero-order chi connectivity index (χ0) is 14.8. The van der Waals surface area contributed by atoms with Crippen molar-refractivity contribution in [1.29, 1.82) is 0 Å². The molecule has 1 N–H and O–H groups in total. The predicted octanol–water partition coefficient (Wildman–Crippen LogP) is 4.19. The van der Waals surface area contributed by atoms with Crippen molar-refractivity contribution in [3.63, 3.8) is 0 Å².